The molecule has 2 amide bonds. The molecule has 1 aromatic heterocycles. The van der Waals surface area contributed by atoms with E-state index >= 15 is 0 Å². The summed E-state index contributed by atoms with van der Waals surface area (Å²) in [5.74, 6) is 0.777. The Balaban J connectivity index is 1.71. The Morgan fingerprint density at radius 3 is 2.57 bits per heavy atom. The number of H-pyrrole nitrogens is 1. The Morgan fingerprint density at radius 2 is 1.90 bits per heavy atom. The number of benzene rings is 2. The van der Waals surface area contributed by atoms with E-state index in [-0.39, 0.29) is 6.03 Å². The molecule has 3 aromatic rings. The highest BCUT2D eigenvalue weighted by atomic mass is 16.5. The fourth-order valence-electron chi connectivity index (χ4n) is 3.19. The SMILES string of the molecule is COc1cccc(CNC(=O)N(CCCN(C)C)c2ccc(-c3cn[nH]c3)cc2)c1. The minimum absolute atomic E-state index is 0.118. The average Bonchev–Trinajstić information content (AvgIpc) is 3.30. The van der Waals surface area contributed by atoms with Crippen LogP contribution >= 0.6 is 0 Å². The van der Waals surface area contributed by atoms with Crippen LogP contribution in [0.15, 0.2) is 60.9 Å². The summed E-state index contributed by atoms with van der Waals surface area (Å²) in [5, 5.41) is 9.85. The Labute approximate surface area is 177 Å². The highest BCUT2D eigenvalue weighted by Gasteiger charge is 2.16. The largest absolute Gasteiger partial charge is 0.497 e. The number of nitrogens with one attached hydrogen (secondary N) is 2. The van der Waals surface area contributed by atoms with Gasteiger partial charge in [-0.05, 0) is 62.5 Å². The zero-order chi connectivity index (χ0) is 21.3. The second kappa shape index (κ2) is 10.5. The van der Waals surface area contributed by atoms with Crippen LogP contribution in [0.5, 0.6) is 5.75 Å². The van der Waals surface area contributed by atoms with Crippen molar-refractivity contribution in [3.05, 3.63) is 66.5 Å². The number of rotatable bonds is 9. The lowest BCUT2D eigenvalue weighted by atomic mass is 10.1. The van der Waals surface area contributed by atoms with Crippen molar-refractivity contribution in [1.82, 2.24) is 20.4 Å². The van der Waals surface area contributed by atoms with Gasteiger partial charge in [-0.1, -0.05) is 24.3 Å². The number of hydrogen-bond donors (Lipinski definition) is 2. The molecule has 7 nitrogen and oxygen atoms in total. The molecule has 0 aliphatic rings. The van der Waals surface area contributed by atoms with Gasteiger partial charge in [-0.25, -0.2) is 4.79 Å². The van der Waals surface area contributed by atoms with Gasteiger partial charge in [-0.3, -0.25) is 10.00 Å². The fraction of sp³-hybridized carbons (Fsp3) is 0.304. The second-order valence-corrected chi connectivity index (χ2v) is 7.35. The van der Waals surface area contributed by atoms with Crippen molar-refractivity contribution in [2.75, 3.05) is 39.2 Å². The van der Waals surface area contributed by atoms with E-state index in [4.69, 9.17) is 4.74 Å². The van der Waals surface area contributed by atoms with Crippen molar-refractivity contribution in [2.24, 2.45) is 0 Å². The molecular formula is C23H29N5O2. The number of ether oxygens (including phenoxy) is 1. The summed E-state index contributed by atoms with van der Waals surface area (Å²) < 4.78 is 5.26. The van der Waals surface area contributed by atoms with Gasteiger partial charge >= 0.3 is 6.03 Å². The molecule has 2 aromatic carbocycles. The average molecular weight is 408 g/mol. The molecule has 0 radical (unpaired) electrons. The van der Waals surface area contributed by atoms with E-state index < -0.39 is 0 Å². The number of urea groups is 1. The molecule has 3 rings (SSSR count). The lowest BCUT2D eigenvalue weighted by Gasteiger charge is -2.24. The number of methoxy groups -OCH3 is 1. The zero-order valence-electron chi connectivity index (χ0n) is 17.8. The van der Waals surface area contributed by atoms with Gasteiger partial charge in [0, 0.05) is 30.5 Å². The number of carbonyl (C=O) groups is 1. The highest BCUT2D eigenvalue weighted by Crippen LogP contribution is 2.23. The smallest absolute Gasteiger partial charge is 0.322 e. The normalized spacial score (nSPS) is 10.8. The summed E-state index contributed by atoms with van der Waals surface area (Å²) in [6, 6.07) is 15.6. The maximum Gasteiger partial charge on any atom is 0.322 e. The summed E-state index contributed by atoms with van der Waals surface area (Å²) in [6.07, 6.45) is 4.51. The summed E-state index contributed by atoms with van der Waals surface area (Å²) in [4.78, 5) is 16.9. The van der Waals surface area contributed by atoms with Gasteiger partial charge in [-0.2, -0.15) is 5.10 Å². The van der Waals surface area contributed by atoms with Crippen LogP contribution in [0.4, 0.5) is 10.5 Å². The first-order chi connectivity index (χ1) is 14.6. The van der Waals surface area contributed by atoms with Crippen molar-refractivity contribution in [3.63, 3.8) is 0 Å². The minimum Gasteiger partial charge on any atom is -0.497 e. The van der Waals surface area contributed by atoms with Crippen molar-refractivity contribution in [1.29, 1.82) is 0 Å². The molecule has 7 heteroatoms. The zero-order valence-corrected chi connectivity index (χ0v) is 17.8. The van der Waals surface area contributed by atoms with Crippen molar-refractivity contribution < 1.29 is 9.53 Å². The molecule has 2 N–H and O–H groups in total. The molecule has 0 atom stereocenters. The molecule has 0 aliphatic carbocycles. The second-order valence-electron chi connectivity index (χ2n) is 7.35. The standard InChI is InChI=1S/C23H29N5O2/c1-27(2)12-5-13-28(21-10-8-19(9-11-21)20-16-25-26-17-20)23(29)24-15-18-6-4-7-22(14-18)30-3/h4,6-11,14,16-17H,5,12-13,15H2,1-3H3,(H,24,29)(H,25,26). The molecule has 1 heterocycles. The Morgan fingerprint density at radius 1 is 1.10 bits per heavy atom. The summed E-state index contributed by atoms with van der Waals surface area (Å²) in [7, 11) is 5.71. The van der Waals surface area contributed by atoms with Gasteiger partial charge in [0.15, 0.2) is 0 Å². The molecule has 0 spiro atoms. The third kappa shape index (κ3) is 5.84. The number of anilines is 1. The van der Waals surface area contributed by atoms with E-state index in [0.29, 0.717) is 13.1 Å². The summed E-state index contributed by atoms with van der Waals surface area (Å²) >= 11 is 0. The van der Waals surface area contributed by atoms with Crippen molar-refractivity contribution >= 4 is 11.7 Å². The number of carbonyl (C=O) groups excluding carboxylic acids is 1. The van der Waals surface area contributed by atoms with Crippen LogP contribution in [-0.4, -0.2) is 55.4 Å². The molecule has 158 valence electrons. The van der Waals surface area contributed by atoms with Crippen LogP contribution < -0.4 is 15.0 Å². The van der Waals surface area contributed by atoms with Crippen molar-refractivity contribution in [2.45, 2.75) is 13.0 Å². The van der Waals surface area contributed by atoms with Crippen LogP contribution in [0, 0.1) is 0 Å². The van der Waals surface area contributed by atoms with E-state index in [2.05, 4.69) is 20.4 Å². The van der Waals surface area contributed by atoms with Crippen LogP contribution in [0.3, 0.4) is 0 Å². The number of amides is 2. The van der Waals surface area contributed by atoms with Crippen LogP contribution in [0.25, 0.3) is 11.1 Å². The third-order valence-electron chi connectivity index (χ3n) is 4.82. The van der Waals surface area contributed by atoms with E-state index in [0.717, 1.165) is 41.1 Å². The van der Waals surface area contributed by atoms with Crippen LogP contribution in [-0.2, 0) is 6.54 Å². The maximum absolute atomic E-state index is 13.0. The number of aromatic amines is 1. The van der Waals surface area contributed by atoms with E-state index in [1.54, 1.807) is 18.2 Å². The number of hydrogen-bond acceptors (Lipinski definition) is 4. The Kier molecular flexibility index (Phi) is 7.45. The first-order valence-corrected chi connectivity index (χ1v) is 9.99. The lowest BCUT2D eigenvalue weighted by Crippen LogP contribution is -2.41. The molecule has 0 unspecified atom stereocenters. The van der Waals surface area contributed by atoms with Crippen molar-refractivity contribution in [3.8, 4) is 16.9 Å². The topological polar surface area (TPSA) is 73.5 Å². The quantitative estimate of drug-likeness (QED) is 0.567. The Hall–Kier alpha value is -3.32. The Bertz CT molecular complexity index is 923. The first-order valence-electron chi connectivity index (χ1n) is 9.99. The van der Waals surface area contributed by atoms with Gasteiger partial charge < -0.3 is 15.0 Å². The van der Waals surface area contributed by atoms with E-state index in [1.807, 2.05) is 68.8 Å². The molecule has 0 bridgehead atoms. The van der Waals surface area contributed by atoms with Gasteiger partial charge in [-0.15, -0.1) is 0 Å². The molecule has 0 aliphatic heterocycles. The first kappa shape index (κ1) is 21.4. The molecule has 0 fully saturated rings. The summed E-state index contributed by atoms with van der Waals surface area (Å²) in [5.41, 5.74) is 3.93. The van der Waals surface area contributed by atoms with Gasteiger partial charge in [0.25, 0.3) is 0 Å². The monoisotopic (exact) mass is 407 g/mol. The predicted molar refractivity (Wildman–Crippen MR) is 120 cm³/mol. The predicted octanol–water partition coefficient (Wildman–Crippen LogP) is 3.75. The van der Waals surface area contributed by atoms with E-state index in [1.165, 1.54) is 0 Å². The van der Waals surface area contributed by atoms with Gasteiger partial charge in [0.05, 0.1) is 13.3 Å². The van der Waals surface area contributed by atoms with Crippen LogP contribution in [0.2, 0.25) is 0 Å². The van der Waals surface area contributed by atoms with Crippen LogP contribution in [0.1, 0.15) is 12.0 Å². The third-order valence-corrected chi connectivity index (χ3v) is 4.82. The summed E-state index contributed by atoms with van der Waals surface area (Å²) in [6.45, 7) is 1.98. The highest BCUT2D eigenvalue weighted by molar-refractivity contribution is 5.92. The minimum atomic E-state index is -0.118. The maximum atomic E-state index is 13.0. The molecular weight excluding hydrogens is 378 g/mol. The number of nitrogens with zero attached hydrogens (tertiary/aromatic N) is 3. The van der Waals surface area contributed by atoms with E-state index in [9.17, 15) is 4.79 Å². The number of aromatic nitrogens is 2. The van der Waals surface area contributed by atoms with Gasteiger partial charge in [0.2, 0.25) is 0 Å². The molecule has 30 heavy (non-hydrogen) atoms. The molecule has 0 saturated carbocycles. The van der Waals surface area contributed by atoms with Gasteiger partial charge in [0.1, 0.15) is 5.75 Å². The fourth-order valence-corrected chi connectivity index (χ4v) is 3.19. The molecule has 0 saturated heterocycles. The lowest BCUT2D eigenvalue weighted by molar-refractivity contribution is 0.245.